The molecule has 8 heteroatoms. The molecule has 1 heterocycles. The Bertz CT molecular complexity index is 1200. The van der Waals surface area contributed by atoms with E-state index in [9.17, 15) is 14.7 Å². The van der Waals surface area contributed by atoms with Crippen molar-refractivity contribution in [1.29, 1.82) is 0 Å². The summed E-state index contributed by atoms with van der Waals surface area (Å²) in [6.07, 6.45) is 9.45. The highest BCUT2D eigenvalue weighted by Crippen LogP contribution is 2.29. The van der Waals surface area contributed by atoms with Gasteiger partial charge in [0.25, 0.3) is 5.91 Å². The first-order valence-electron chi connectivity index (χ1n) is 17.1. The first-order chi connectivity index (χ1) is 21.7. The SMILES string of the molecule is C[C@H](CO)N1C[C@H](C)[C@@H](CN(C)CC2CCCCC2)OCCCC[C@H](C)Oc2ccc(NC(=O)Cc3ccccc3)cc2C1=O. The minimum absolute atomic E-state index is 0.0387. The van der Waals surface area contributed by atoms with Gasteiger partial charge < -0.3 is 29.7 Å². The Morgan fingerprint density at radius 1 is 1.02 bits per heavy atom. The smallest absolute Gasteiger partial charge is 0.258 e. The van der Waals surface area contributed by atoms with E-state index in [4.69, 9.17) is 9.47 Å². The maximum absolute atomic E-state index is 14.4. The number of nitrogens with zero attached hydrogens (tertiary/aromatic N) is 2. The quantitative estimate of drug-likeness (QED) is 0.348. The average molecular weight is 622 g/mol. The van der Waals surface area contributed by atoms with Crippen LogP contribution >= 0.6 is 0 Å². The number of hydrogen-bond acceptors (Lipinski definition) is 6. The summed E-state index contributed by atoms with van der Waals surface area (Å²) >= 11 is 0. The number of amides is 2. The summed E-state index contributed by atoms with van der Waals surface area (Å²) in [7, 11) is 2.19. The van der Waals surface area contributed by atoms with E-state index in [0.717, 1.165) is 43.8 Å². The largest absolute Gasteiger partial charge is 0.490 e. The molecule has 2 amide bonds. The van der Waals surface area contributed by atoms with E-state index >= 15 is 0 Å². The number of rotatable bonds is 9. The molecular formula is C37H55N3O5. The molecule has 2 N–H and O–H groups in total. The van der Waals surface area contributed by atoms with Gasteiger partial charge in [0, 0.05) is 37.8 Å². The summed E-state index contributed by atoms with van der Waals surface area (Å²) < 4.78 is 12.9. The van der Waals surface area contributed by atoms with Crippen molar-refractivity contribution in [2.24, 2.45) is 11.8 Å². The minimum atomic E-state index is -0.407. The van der Waals surface area contributed by atoms with Gasteiger partial charge in [-0.25, -0.2) is 0 Å². The molecule has 0 bridgehead atoms. The number of carbonyl (C=O) groups is 2. The second-order valence-corrected chi connectivity index (χ2v) is 13.4. The van der Waals surface area contributed by atoms with Crippen LogP contribution in [0.25, 0.3) is 0 Å². The maximum atomic E-state index is 14.4. The van der Waals surface area contributed by atoms with Crippen molar-refractivity contribution in [2.75, 3.05) is 45.2 Å². The van der Waals surface area contributed by atoms with Gasteiger partial charge in [-0.05, 0) is 82.7 Å². The van der Waals surface area contributed by atoms with Gasteiger partial charge in [0.15, 0.2) is 0 Å². The van der Waals surface area contributed by atoms with E-state index in [1.54, 1.807) is 23.1 Å². The fourth-order valence-electron chi connectivity index (χ4n) is 6.64. The summed E-state index contributed by atoms with van der Waals surface area (Å²) in [5.41, 5.74) is 1.84. The van der Waals surface area contributed by atoms with Crippen LogP contribution in [0.4, 0.5) is 5.69 Å². The number of fused-ring (bicyclic) bond motifs is 1. The Morgan fingerprint density at radius 2 is 1.76 bits per heavy atom. The molecule has 0 unspecified atom stereocenters. The number of aliphatic hydroxyl groups excluding tert-OH is 1. The van der Waals surface area contributed by atoms with Gasteiger partial charge in [0.1, 0.15) is 5.75 Å². The number of nitrogens with one attached hydrogen (secondary N) is 1. The molecule has 8 nitrogen and oxygen atoms in total. The Kier molecular flexibility index (Phi) is 13.7. The lowest BCUT2D eigenvalue weighted by molar-refractivity contribution is -0.115. The number of benzene rings is 2. The number of carbonyl (C=O) groups excluding carboxylic acids is 2. The molecular weight excluding hydrogens is 566 g/mol. The van der Waals surface area contributed by atoms with Crippen LogP contribution in [0.1, 0.15) is 88.1 Å². The third kappa shape index (κ3) is 10.8. The van der Waals surface area contributed by atoms with Crippen molar-refractivity contribution < 1.29 is 24.2 Å². The van der Waals surface area contributed by atoms with E-state index in [1.165, 1.54) is 32.1 Å². The predicted molar refractivity (Wildman–Crippen MR) is 180 cm³/mol. The highest BCUT2D eigenvalue weighted by molar-refractivity contribution is 6.00. The number of anilines is 1. The van der Waals surface area contributed by atoms with Gasteiger partial charge in [-0.2, -0.15) is 0 Å². The predicted octanol–water partition coefficient (Wildman–Crippen LogP) is 6.18. The molecule has 45 heavy (non-hydrogen) atoms. The van der Waals surface area contributed by atoms with Crippen molar-refractivity contribution >= 4 is 17.5 Å². The molecule has 0 aromatic heterocycles. The highest BCUT2D eigenvalue weighted by Gasteiger charge is 2.31. The lowest BCUT2D eigenvalue weighted by Gasteiger charge is -2.36. The van der Waals surface area contributed by atoms with Crippen LogP contribution in [0.5, 0.6) is 5.75 Å². The van der Waals surface area contributed by atoms with Gasteiger partial charge in [0.2, 0.25) is 5.91 Å². The van der Waals surface area contributed by atoms with Crippen molar-refractivity contribution in [3.05, 3.63) is 59.7 Å². The average Bonchev–Trinajstić information content (AvgIpc) is 3.03. The Labute approximate surface area is 270 Å². The second kappa shape index (κ2) is 17.7. The monoisotopic (exact) mass is 621 g/mol. The fraction of sp³-hybridized carbons (Fsp3) is 0.622. The summed E-state index contributed by atoms with van der Waals surface area (Å²) in [6.45, 7) is 8.86. The zero-order valence-corrected chi connectivity index (χ0v) is 27.9. The molecule has 1 saturated carbocycles. The van der Waals surface area contributed by atoms with Gasteiger partial charge in [-0.3, -0.25) is 9.59 Å². The maximum Gasteiger partial charge on any atom is 0.258 e. The van der Waals surface area contributed by atoms with E-state index in [0.29, 0.717) is 30.2 Å². The lowest BCUT2D eigenvalue weighted by atomic mass is 9.89. The van der Waals surface area contributed by atoms with Crippen LogP contribution in [0.15, 0.2) is 48.5 Å². The molecule has 0 radical (unpaired) electrons. The first-order valence-corrected chi connectivity index (χ1v) is 17.1. The summed E-state index contributed by atoms with van der Waals surface area (Å²) in [5, 5.41) is 13.2. The van der Waals surface area contributed by atoms with Crippen LogP contribution in [-0.2, 0) is 16.0 Å². The van der Waals surface area contributed by atoms with Crippen molar-refractivity contribution in [3.63, 3.8) is 0 Å². The van der Waals surface area contributed by atoms with Crippen LogP contribution in [0, 0.1) is 11.8 Å². The molecule has 4 atom stereocenters. The Balaban J connectivity index is 1.56. The molecule has 0 saturated heterocycles. The summed E-state index contributed by atoms with van der Waals surface area (Å²) in [5.74, 6) is 0.891. The topological polar surface area (TPSA) is 91.3 Å². The fourth-order valence-corrected chi connectivity index (χ4v) is 6.64. The van der Waals surface area contributed by atoms with Gasteiger partial charge >= 0.3 is 0 Å². The number of ether oxygens (including phenoxy) is 2. The first kappa shape index (κ1) is 34.9. The standard InChI is InChI=1S/C37H55N3O5/c1-27-23-40(28(2)26-41)37(43)33-22-32(38-36(42)21-30-14-7-5-8-15-30)18-19-34(33)45-29(3)13-11-12-20-44-35(27)25-39(4)24-31-16-9-6-10-17-31/h5,7-8,14-15,18-19,22,27-29,31,35,41H,6,9-13,16-17,20-21,23-26H2,1-4H3,(H,38,42)/t27-,28+,29-,35+/m0/s1. The Morgan fingerprint density at radius 3 is 2.49 bits per heavy atom. The molecule has 0 spiro atoms. The molecule has 1 aliphatic heterocycles. The van der Waals surface area contributed by atoms with Gasteiger partial charge in [0.05, 0.1) is 36.8 Å². The third-order valence-corrected chi connectivity index (χ3v) is 9.33. The van der Waals surface area contributed by atoms with E-state index in [1.807, 2.05) is 44.2 Å². The third-order valence-electron chi connectivity index (χ3n) is 9.33. The summed E-state index contributed by atoms with van der Waals surface area (Å²) in [4.78, 5) is 31.4. The molecule has 2 aromatic rings. The Hall–Kier alpha value is -2.94. The molecule has 2 aromatic carbocycles. The number of hydrogen-bond donors (Lipinski definition) is 2. The lowest BCUT2D eigenvalue weighted by Crippen LogP contribution is -2.47. The normalized spacial score (nSPS) is 23.1. The van der Waals surface area contributed by atoms with Gasteiger partial charge in [-0.15, -0.1) is 0 Å². The zero-order valence-electron chi connectivity index (χ0n) is 27.9. The van der Waals surface area contributed by atoms with Crippen LogP contribution in [0.2, 0.25) is 0 Å². The van der Waals surface area contributed by atoms with Crippen LogP contribution in [-0.4, -0.2) is 84.9 Å². The second-order valence-electron chi connectivity index (χ2n) is 13.4. The zero-order chi connectivity index (χ0) is 32.2. The molecule has 248 valence electrons. The van der Waals surface area contributed by atoms with E-state index in [-0.39, 0.29) is 43.0 Å². The van der Waals surface area contributed by atoms with Crippen molar-refractivity contribution in [2.45, 2.75) is 96.8 Å². The van der Waals surface area contributed by atoms with Crippen molar-refractivity contribution in [3.8, 4) is 5.75 Å². The molecule has 1 aliphatic carbocycles. The number of likely N-dealkylation sites (N-methyl/N-ethyl adjacent to an activating group) is 1. The molecule has 4 rings (SSSR count). The van der Waals surface area contributed by atoms with Crippen molar-refractivity contribution in [1.82, 2.24) is 9.80 Å². The van der Waals surface area contributed by atoms with Crippen LogP contribution < -0.4 is 10.1 Å². The van der Waals surface area contributed by atoms with Crippen LogP contribution in [0.3, 0.4) is 0 Å². The summed E-state index contributed by atoms with van der Waals surface area (Å²) in [6, 6.07) is 14.5. The number of aliphatic hydroxyl groups is 1. The highest BCUT2D eigenvalue weighted by atomic mass is 16.5. The molecule has 2 aliphatic rings. The van der Waals surface area contributed by atoms with E-state index in [2.05, 4.69) is 24.2 Å². The molecule has 1 fully saturated rings. The van der Waals surface area contributed by atoms with E-state index < -0.39 is 6.04 Å². The van der Waals surface area contributed by atoms with Gasteiger partial charge in [-0.1, -0.05) is 56.5 Å². The minimum Gasteiger partial charge on any atom is -0.490 e.